The van der Waals surface area contributed by atoms with Crippen molar-refractivity contribution in [2.75, 3.05) is 13.1 Å². The quantitative estimate of drug-likeness (QED) is 0.686. The Morgan fingerprint density at radius 2 is 2.54 bits per heavy atom. The zero-order valence-electron chi connectivity index (χ0n) is 7.41. The molecule has 5 heteroatoms. The molecule has 0 saturated carbocycles. The Bertz CT molecular complexity index is 285. The van der Waals surface area contributed by atoms with Gasteiger partial charge in [-0.1, -0.05) is 0 Å². The smallest absolute Gasteiger partial charge is 0.317 e. The van der Waals surface area contributed by atoms with E-state index in [1.54, 1.807) is 11.3 Å². The minimum atomic E-state index is -0.825. The molecule has 0 saturated heterocycles. The lowest BCUT2D eigenvalue weighted by Crippen LogP contribution is -2.24. The number of hydrogen-bond acceptors (Lipinski definition) is 4. The maximum Gasteiger partial charge on any atom is 0.317 e. The Labute approximate surface area is 80.6 Å². The Kier molecular flexibility index (Phi) is 3.85. The van der Waals surface area contributed by atoms with E-state index in [1.165, 1.54) is 0 Å². The van der Waals surface area contributed by atoms with Gasteiger partial charge in [0, 0.05) is 18.3 Å². The number of carboxylic acids is 1. The number of rotatable bonds is 5. The molecule has 0 bridgehead atoms. The van der Waals surface area contributed by atoms with Crippen LogP contribution in [0.2, 0.25) is 0 Å². The van der Waals surface area contributed by atoms with E-state index in [-0.39, 0.29) is 6.54 Å². The predicted octanol–water partition coefficient (Wildman–Crippen LogP) is 0.668. The molecule has 72 valence electrons. The van der Waals surface area contributed by atoms with E-state index in [4.69, 9.17) is 5.11 Å². The van der Waals surface area contributed by atoms with Crippen LogP contribution in [0.1, 0.15) is 10.7 Å². The zero-order valence-corrected chi connectivity index (χ0v) is 8.23. The minimum Gasteiger partial charge on any atom is -0.480 e. The van der Waals surface area contributed by atoms with Gasteiger partial charge >= 0.3 is 5.97 Å². The summed E-state index contributed by atoms with van der Waals surface area (Å²) in [5.41, 5.74) is 1.03. The number of hydrogen-bond donors (Lipinski definition) is 2. The summed E-state index contributed by atoms with van der Waals surface area (Å²) < 4.78 is 0. The molecule has 0 aliphatic rings. The van der Waals surface area contributed by atoms with Crippen molar-refractivity contribution < 1.29 is 9.90 Å². The van der Waals surface area contributed by atoms with Crippen LogP contribution in [-0.4, -0.2) is 29.1 Å². The van der Waals surface area contributed by atoms with Crippen molar-refractivity contribution >= 4 is 17.3 Å². The van der Waals surface area contributed by atoms with Gasteiger partial charge in [-0.05, 0) is 6.92 Å². The van der Waals surface area contributed by atoms with Crippen LogP contribution < -0.4 is 5.32 Å². The molecule has 1 aromatic heterocycles. The summed E-state index contributed by atoms with van der Waals surface area (Å²) in [7, 11) is 0. The molecule has 0 aliphatic heterocycles. The molecular formula is C8H12N2O2S. The Morgan fingerprint density at radius 1 is 1.77 bits per heavy atom. The highest BCUT2D eigenvalue weighted by molar-refractivity contribution is 7.09. The van der Waals surface area contributed by atoms with E-state index >= 15 is 0 Å². The molecule has 2 N–H and O–H groups in total. The molecular weight excluding hydrogens is 188 g/mol. The first-order chi connectivity index (χ1) is 6.18. The maximum absolute atomic E-state index is 10.1. The van der Waals surface area contributed by atoms with Crippen molar-refractivity contribution in [3.05, 3.63) is 16.1 Å². The normalized spacial score (nSPS) is 10.2. The minimum absolute atomic E-state index is 0.0170. The fourth-order valence-electron chi connectivity index (χ4n) is 0.935. The highest BCUT2D eigenvalue weighted by Crippen LogP contribution is 2.07. The zero-order chi connectivity index (χ0) is 9.68. The number of aliphatic carboxylic acids is 1. The van der Waals surface area contributed by atoms with E-state index in [2.05, 4.69) is 10.3 Å². The van der Waals surface area contributed by atoms with Gasteiger partial charge in [0.2, 0.25) is 0 Å². The first kappa shape index (κ1) is 10.1. The number of nitrogens with one attached hydrogen (secondary N) is 1. The van der Waals surface area contributed by atoms with Crippen LogP contribution in [0.4, 0.5) is 0 Å². The summed E-state index contributed by atoms with van der Waals surface area (Å²) in [6.07, 6.45) is 0.789. The van der Waals surface area contributed by atoms with Gasteiger partial charge in [0.1, 0.15) is 0 Å². The fourth-order valence-corrected chi connectivity index (χ4v) is 1.58. The molecule has 1 aromatic rings. The third-order valence-electron chi connectivity index (χ3n) is 1.50. The lowest BCUT2D eigenvalue weighted by Gasteiger charge is -1.98. The van der Waals surface area contributed by atoms with Gasteiger partial charge in [-0.3, -0.25) is 4.79 Å². The van der Waals surface area contributed by atoms with Crippen molar-refractivity contribution in [3.8, 4) is 0 Å². The molecule has 0 aromatic carbocycles. The summed E-state index contributed by atoms with van der Waals surface area (Å²) >= 11 is 1.61. The van der Waals surface area contributed by atoms with E-state index in [0.717, 1.165) is 17.1 Å². The average molecular weight is 200 g/mol. The second kappa shape index (κ2) is 4.94. The van der Waals surface area contributed by atoms with Crippen molar-refractivity contribution in [3.63, 3.8) is 0 Å². The van der Waals surface area contributed by atoms with Gasteiger partial charge < -0.3 is 10.4 Å². The molecule has 13 heavy (non-hydrogen) atoms. The predicted molar refractivity (Wildman–Crippen MR) is 51.1 cm³/mol. The van der Waals surface area contributed by atoms with Crippen LogP contribution in [0, 0.1) is 6.92 Å². The molecule has 1 heterocycles. The van der Waals surface area contributed by atoms with Crippen LogP contribution in [-0.2, 0) is 11.2 Å². The van der Waals surface area contributed by atoms with Crippen molar-refractivity contribution in [2.24, 2.45) is 0 Å². The number of nitrogens with zero attached hydrogens (tertiary/aromatic N) is 1. The van der Waals surface area contributed by atoms with Gasteiger partial charge in [0.15, 0.2) is 0 Å². The maximum atomic E-state index is 10.1. The second-order valence-electron chi connectivity index (χ2n) is 2.68. The molecule has 1 rings (SSSR count). The number of carboxylic acid groups (broad SMARTS) is 1. The van der Waals surface area contributed by atoms with Crippen molar-refractivity contribution in [1.82, 2.24) is 10.3 Å². The van der Waals surface area contributed by atoms with Crippen molar-refractivity contribution in [1.29, 1.82) is 0 Å². The molecule has 0 spiro atoms. The van der Waals surface area contributed by atoms with Crippen LogP contribution in [0.15, 0.2) is 5.38 Å². The first-order valence-electron chi connectivity index (χ1n) is 4.02. The van der Waals surface area contributed by atoms with E-state index in [9.17, 15) is 4.79 Å². The first-order valence-corrected chi connectivity index (χ1v) is 4.90. The van der Waals surface area contributed by atoms with E-state index in [1.807, 2.05) is 12.3 Å². The van der Waals surface area contributed by atoms with Gasteiger partial charge in [-0.25, -0.2) is 4.98 Å². The topological polar surface area (TPSA) is 62.2 Å². The van der Waals surface area contributed by atoms with Crippen molar-refractivity contribution in [2.45, 2.75) is 13.3 Å². The van der Waals surface area contributed by atoms with Crippen LogP contribution >= 0.6 is 11.3 Å². The Balaban J connectivity index is 2.16. The molecule has 0 fully saturated rings. The molecule has 4 nitrogen and oxygen atoms in total. The molecule has 0 atom stereocenters. The summed E-state index contributed by atoms with van der Waals surface area (Å²) in [5.74, 6) is -0.825. The van der Waals surface area contributed by atoms with Gasteiger partial charge in [0.25, 0.3) is 0 Å². The van der Waals surface area contributed by atoms with Gasteiger partial charge in [-0.15, -0.1) is 11.3 Å². The fraction of sp³-hybridized carbons (Fsp3) is 0.500. The Morgan fingerprint density at radius 3 is 3.08 bits per heavy atom. The van der Waals surface area contributed by atoms with Crippen LogP contribution in [0.3, 0.4) is 0 Å². The lowest BCUT2D eigenvalue weighted by molar-refractivity contribution is -0.135. The van der Waals surface area contributed by atoms with E-state index < -0.39 is 5.97 Å². The number of aromatic nitrogens is 1. The standard InChI is InChI=1S/C8H12N2O2S/c1-6-10-7(5-13-6)2-3-9-4-8(11)12/h5,9H,2-4H2,1H3,(H,11,12). The third kappa shape index (κ3) is 4.00. The summed E-state index contributed by atoms with van der Waals surface area (Å²) in [5, 5.41) is 14.2. The lowest BCUT2D eigenvalue weighted by atomic mass is 10.3. The molecule has 0 amide bonds. The monoisotopic (exact) mass is 200 g/mol. The number of carbonyl (C=O) groups is 1. The molecule has 0 radical (unpaired) electrons. The molecule has 0 unspecified atom stereocenters. The summed E-state index contributed by atoms with van der Waals surface area (Å²) in [6.45, 7) is 2.64. The summed E-state index contributed by atoms with van der Waals surface area (Å²) in [6, 6.07) is 0. The molecule has 0 aliphatic carbocycles. The van der Waals surface area contributed by atoms with E-state index in [0.29, 0.717) is 6.54 Å². The second-order valence-corrected chi connectivity index (χ2v) is 3.74. The SMILES string of the molecule is Cc1nc(CCNCC(=O)O)cs1. The third-order valence-corrected chi connectivity index (χ3v) is 2.32. The van der Waals surface area contributed by atoms with Gasteiger partial charge in [0.05, 0.1) is 17.2 Å². The van der Waals surface area contributed by atoms with Gasteiger partial charge in [-0.2, -0.15) is 0 Å². The summed E-state index contributed by atoms with van der Waals surface area (Å²) in [4.78, 5) is 14.4. The van der Waals surface area contributed by atoms with Crippen LogP contribution in [0.5, 0.6) is 0 Å². The highest BCUT2D eigenvalue weighted by atomic mass is 32.1. The average Bonchev–Trinajstić information content (AvgIpc) is 2.45. The highest BCUT2D eigenvalue weighted by Gasteiger charge is 1.98. The largest absolute Gasteiger partial charge is 0.480 e. The number of thiazole rings is 1. The van der Waals surface area contributed by atoms with Crippen LogP contribution in [0.25, 0.3) is 0 Å². The number of aryl methyl sites for hydroxylation is 1. The Hall–Kier alpha value is -0.940.